The molecule has 1 N–H and O–H groups in total. The van der Waals surface area contributed by atoms with Gasteiger partial charge in [-0.1, -0.05) is 23.7 Å². The van der Waals surface area contributed by atoms with Gasteiger partial charge in [0.05, 0.1) is 11.9 Å². The quantitative estimate of drug-likeness (QED) is 0.317. The molecule has 6 heteroatoms. The van der Waals surface area contributed by atoms with Crippen LogP contribution >= 0.6 is 34.2 Å². The largest absolute Gasteiger partial charge is 0.317 e. The molecule has 132 valence electrons. The monoisotopic (exact) mass is 477 g/mol. The Morgan fingerprint density at radius 2 is 1.85 bits per heavy atom. The first kappa shape index (κ1) is 18.7. The number of nitrogens with one attached hydrogen (secondary N) is 1. The highest BCUT2D eigenvalue weighted by Crippen LogP contribution is 2.23. The molecule has 0 aliphatic heterocycles. The summed E-state index contributed by atoms with van der Waals surface area (Å²) in [4.78, 5) is 12.1. The summed E-state index contributed by atoms with van der Waals surface area (Å²) in [7, 11) is 0. The van der Waals surface area contributed by atoms with Gasteiger partial charge >= 0.3 is 0 Å². The Labute approximate surface area is 171 Å². The molecule has 0 fully saturated rings. The zero-order chi connectivity index (χ0) is 18.7. The first-order valence-corrected chi connectivity index (χ1v) is 9.46. The number of hydrazone groups is 1. The van der Waals surface area contributed by atoms with Crippen LogP contribution in [0.3, 0.4) is 0 Å². The zero-order valence-electron chi connectivity index (χ0n) is 14.3. The summed E-state index contributed by atoms with van der Waals surface area (Å²) in [5, 5.41) is 4.69. The number of para-hydroxylation sites is 1. The van der Waals surface area contributed by atoms with Gasteiger partial charge in [-0.3, -0.25) is 4.79 Å². The summed E-state index contributed by atoms with van der Waals surface area (Å²) >= 11 is 8.16. The highest BCUT2D eigenvalue weighted by Gasteiger charge is 2.11. The maximum absolute atomic E-state index is 12.1. The van der Waals surface area contributed by atoms with Crippen molar-refractivity contribution < 1.29 is 4.79 Å². The van der Waals surface area contributed by atoms with Crippen LogP contribution in [0.25, 0.3) is 5.69 Å². The van der Waals surface area contributed by atoms with Crippen molar-refractivity contribution in [3.8, 4) is 5.69 Å². The molecular weight excluding hydrogens is 461 g/mol. The summed E-state index contributed by atoms with van der Waals surface area (Å²) in [5.41, 5.74) is 7.32. The lowest BCUT2D eigenvalue weighted by Crippen LogP contribution is -2.17. The second-order valence-corrected chi connectivity index (χ2v) is 7.42. The van der Waals surface area contributed by atoms with Crippen molar-refractivity contribution in [2.45, 2.75) is 13.8 Å². The van der Waals surface area contributed by atoms with Crippen molar-refractivity contribution in [3.05, 3.63) is 85.7 Å². The van der Waals surface area contributed by atoms with Crippen molar-refractivity contribution >= 4 is 46.3 Å². The SMILES string of the molecule is Cc1cc(/C=N\NC(=O)c2ccc(Cl)cc2)c(C)n1-c1ccccc1I. The average molecular weight is 478 g/mol. The molecular formula is C20H17ClIN3O. The summed E-state index contributed by atoms with van der Waals surface area (Å²) in [5.74, 6) is -0.274. The van der Waals surface area contributed by atoms with Crippen molar-refractivity contribution in [3.63, 3.8) is 0 Å². The second kappa shape index (κ2) is 8.05. The smallest absolute Gasteiger partial charge is 0.271 e. The lowest BCUT2D eigenvalue weighted by Gasteiger charge is -2.11. The highest BCUT2D eigenvalue weighted by atomic mass is 127. The first-order chi connectivity index (χ1) is 12.5. The van der Waals surface area contributed by atoms with Gasteiger partial charge in [-0.15, -0.1) is 0 Å². The molecule has 1 aromatic heterocycles. The summed E-state index contributed by atoms with van der Waals surface area (Å²) in [6, 6.07) is 16.9. The van der Waals surface area contributed by atoms with Crippen LogP contribution < -0.4 is 5.43 Å². The summed E-state index contributed by atoms with van der Waals surface area (Å²) in [6.07, 6.45) is 1.67. The molecule has 3 aromatic rings. The molecule has 0 bridgehead atoms. The Morgan fingerprint density at radius 1 is 1.15 bits per heavy atom. The molecule has 0 unspecified atom stereocenters. The van der Waals surface area contributed by atoms with Gasteiger partial charge in [-0.2, -0.15) is 5.10 Å². The van der Waals surface area contributed by atoms with Gasteiger partial charge in [0, 0.05) is 31.1 Å². The normalized spacial score (nSPS) is 11.1. The third-order valence-corrected chi connectivity index (χ3v) is 5.20. The molecule has 0 radical (unpaired) electrons. The van der Waals surface area contributed by atoms with Gasteiger partial charge < -0.3 is 4.57 Å². The number of rotatable bonds is 4. The average Bonchev–Trinajstić information content (AvgIpc) is 2.90. The molecule has 0 atom stereocenters. The number of amides is 1. The van der Waals surface area contributed by atoms with Gasteiger partial charge in [0.2, 0.25) is 0 Å². The van der Waals surface area contributed by atoms with E-state index in [2.05, 4.69) is 62.8 Å². The predicted molar refractivity (Wildman–Crippen MR) is 114 cm³/mol. The third-order valence-electron chi connectivity index (χ3n) is 4.04. The summed E-state index contributed by atoms with van der Waals surface area (Å²) in [6.45, 7) is 4.10. The fourth-order valence-electron chi connectivity index (χ4n) is 2.75. The number of carbonyl (C=O) groups is 1. The number of nitrogens with zero attached hydrogens (tertiary/aromatic N) is 2. The standard InChI is InChI=1S/C20H17ClIN3O/c1-13-11-16(14(2)25(13)19-6-4-3-5-18(19)22)12-23-24-20(26)15-7-9-17(21)10-8-15/h3-12H,1-2H3,(H,24,26)/b23-12-. The Morgan fingerprint density at radius 3 is 2.54 bits per heavy atom. The van der Waals surface area contributed by atoms with E-state index in [0.29, 0.717) is 10.6 Å². The van der Waals surface area contributed by atoms with Crippen LogP contribution in [0.4, 0.5) is 0 Å². The minimum absolute atomic E-state index is 0.274. The van der Waals surface area contributed by atoms with Gasteiger partial charge in [0.1, 0.15) is 0 Å². The summed E-state index contributed by atoms with van der Waals surface area (Å²) < 4.78 is 3.36. The Balaban J connectivity index is 1.80. The molecule has 1 amide bonds. The second-order valence-electron chi connectivity index (χ2n) is 5.82. The minimum Gasteiger partial charge on any atom is -0.317 e. The molecule has 0 saturated heterocycles. The molecule has 0 saturated carbocycles. The van der Waals surface area contributed by atoms with Crippen LogP contribution in [0.5, 0.6) is 0 Å². The molecule has 0 spiro atoms. The topological polar surface area (TPSA) is 46.4 Å². The molecule has 1 heterocycles. The fraction of sp³-hybridized carbons (Fsp3) is 0.100. The van der Waals surface area contributed by atoms with Gasteiger partial charge in [0.25, 0.3) is 5.91 Å². The number of benzene rings is 2. The Kier molecular flexibility index (Phi) is 5.78. The lowest BCUT2D eigenvalue weighted by molar-refractivity contribution is 0.0955. The molecule has 0 aliphatic rings. The number of hydrogen-bond donors (Lipinski definition) is 1. The first-order valence-electron chi connectivity index (χ1n) is 8.00. The molecule has 3 rings (SSSR count). The van der Waals surface area contributed by atoms with Crippen molar-refractivity contribution in [1.82, 2.24) is 9.99 Å². The Bertz CT molecular complexity index is 977. The Hall–Kier alpha value is -2.12. The van der Waals surface area contributed by atoms with Crippen LogP contribution in [0, 0.1) is 17.4 Å². The maximum Gasteiger partial charge on any atom is 0.271 e. The van der Waals surface area contributed by atoms with E-state index in [1.807, 2.05) is 19.1 Å². The van der Waals surface area contributed by atoms with E-state index in [1.54, 1.807) is 30.5 Å². The van der Waals surface area contributed by atoms with E-state index in [-0.39, 0.29) is 5.91 Å². The number of carbonyl (C=O) groups excluding carboxylic acids is 1. The molecule has 4 nitrogen and oxygen atoms in total. The van der Waals surface area contributed by atoms with Crippen LogP contribution in [-0.4, -0.2) is 16.7 Å². The van der Waals surface area contributed by atoms with E-state index in [1.165, 1.54) is 3.57 Å². The van der Waals surface area contributed by atoms with Crippen LogP contribution in [0.2, 0.25) is 5.02 Å². The number of aromatic nitrogens is 1. The molecule has 0 aliphatic carbocycles. The third kappa shape index (κ3) is 3.99. The van der Waals surface area contributed by atoms with Crippen molar-refractivity contribution in [2.24, 2.45) is 5.10 Å². The van der Waals surface area contributed by atoms with Crippen LogP contribution in [-0.2, 0) is 0 Å². The van der Waals surface area contributed by atoms with E-state index in [0.717, 1.165) is 22.6 Å². The van der Waals surface area contributed by atoms with Crippen molar-refractivity contribution in [2.75, 3.05) is 0 Å². The van der Waals surface area contributed by atoms with E-state index in [4.69, 9.17) is 11.6 Å². The number of halogens is 2. The number of hydrogen-bond acceptors (Lipinski definition) is 2. The predicted octanol–water partition coefficient (Wildman–Crippen LogP) is 5.12. The lowest BCUT2D eigenvalue weighted by atomic mass is 10.2. The van der Waals surface area contributed by atoms with E-state index < -0.39 is 0 Å². The van der Waals surface area contributed by atoms with Gasteiger partial charge in [0.15, 0.2) is 0 Å². The maximum atomic E-state index is 12.1. The van der Waals surface area contributed by atoms with Gasteiger partial charge in [-0.25, -0.2) is 5.43 Å². The zero-order valence-corrected chi connectivity index (χ0v) is 17.2. The van der Waals surface area contributed by atoms with Crippen LogP contribution in [0.1, 0.15) is 27.3 Å². The molecule has 26 heavy (non-hydrogen) atoms. The highest BCUT2D eigenvalue weighted by molar-refractivity contribution is 14.1. The van der Waals surface area contributed by atoms with E-state index >= 15 is 0 Å². The fourth-order valence-corrected chi connectivity index (χ4v) is 3.50. The van der Waals surface area contributed by atoms with Gasteiger partial charge in [-0.05, 0) is 78.9 Å². The number of aryl methyl sites for hydroxylation is 1. The van der Waals surface area contributed by atoms with Crippen LogP contribution in [0.15, 0.2) is 59.7 Å². The molecule has 2 aromatic carbocycles. The van der Waals surface area contributed by atoms with Crippen molar-refractivity contribution in [1.29, 1.82) is 0 Å². The minimum atomic E-state index is -0.274. The van der Waals surface area contributed by atoms with E-state index in [9.17, 15) is 4.79 Å².